The van der Waals surface area contributed by atoms with Crippen LogP contribution in [0.1, 0.15) is 37.4 Å². The monoisotopic (exact) mass is 403 g/mol. The van der Waals surface area contributed by atoms with Crippen LogP contribution in [-0.2, 0) is 6.54 Å². The number of nitrogens with one attached hydrogen (secondary N) is 1. The fourth-order valence-corrected chi connectivity index (χ4v) is 3.89. The van der Waals surface area contributed by atoms with Gasteiger partial charge in [0.05, 0.1) is 18.2 Å². The zero-order valence-corrected chi connectivity index (χ0v) is 17.1. The van der Waals surface area contributed by atoms with Crippen molar-refractivity contribution in [2.75, 3.05) is 26.4 Å². The molecule has 0 aromatic heterocycles. The van der Waals surface area contributed by atoms with Gasteiger partial charge in [0.25, 0.3) is 0 Å². The Morgan fingerprint density at radius 1 is 0.893 bits per heavy atom. The number of halogens is 1. The molecule has 1 atom stereocenters. The summed E-state index contributed by atoms with van der Waals surface area (Å²) >= 11 is 6.43. The second kappa shape index (κ2) is 8.50. The second-order valence-electron chi connectivity index (χ2n) is 7.46. The average Bonchev–Trinajstić information content (AvgIpc) is 2.94. The maximum Gasteiger partial charge on any atom is 0.179 e. The van der Waals surface area contributed by atoms with E-state index in [1.165, 1.54) is 5.56 Å². The number of benzene rings is 2. The Bertz CT molecular complexity index is 840. The van der Waals surface area contributed by atoms with E-state index in [4.69, 9.17) is 30.5 Å². The molecule has 2 aliphatic rings. The predicted molar refractivity (Wildman–Crippen MR) is 109 cm³/mol. The van der Waals surface area contributed by atoms with Crippen molar-refractivity contribution in [3.8, 4) is 23.0 Å². The van der Waals surface area contributed by atoms with Crippen LogP contribution in [0.4, 0.5) is 0 Å². The van der Waals surface area contributed by atoms with Crippen molar-refractivity contribution in [2.45, 2.75) is 32.9 Å². The standard InChI is InChI=1S/C22H26ClNO4/c1-14(2)21(16-4-5-18-19(12-16)27-9-8-26-18)24-13-15-10-17(23)22-20(11-15)25-6-3-7-28-22/h4-5,10-12,14,21,24H,3,6-9,13H2,1-2H3/t21-/m1/s1. The van der Waals surface area contributed by atoms with Crippen LogP contribution in [-0.4, -0.2) is 26.4 Å². The van der Waals surface area contributed by atoms with Gasteiger partial charge in [-0.05, 0) is 41.3 Å². The molecular formula is C22H26ClNO4. The lowest BCUT2D eigenvalue weighted by molar-refractivity contribution is 0.171. The van der Waals surface area contributed by atoms with E-state index in [9.17, 15) is 0 Å². The van der Waals surface area contributed by atoms with Gasteiger partial charge in [0.2, 0.25) is 0 Å². The Morgan fingerprint density at radius 3 is 2.46 bits per heavy atom. The summed E-state index contributed by atoms with van der Waals surface area (Å²) in [7, 11) is 0. The van der Waals surface area contributed by atoms with Crippen molar-refractivity contribution in [2.24, 2.45) is 5.92 Å². The van der Waals surface area contributed by atoms with Crippen molar-refractivity contribution in [3.05, 3.63) is 46.5 Å². The van der Waals surface area contributed by atoms with Crippen LogP contribution in [0.2, 0.25) is 5.02 Å². The molecule has 0 spiro atoms. The molecule has 0 radical (unpaired) electrons. The first-order valence-corrected chi connectivity index (χ1v) is 10.2. The molecule has 0 bridgehead atoms. The summed E-state index contributed by atoms with van der Waals surface area (Å²) in [5.41, 5.74) is 2.25. The number of hydrogen-bond acceptors (Lipinski definition) is 5. The minimum absolute atomic E-state index is 0.172. The van der Waals surface area contributed by atoms with Crippen molar-refractivity contribution in [3.63, 3.8) is 0 Å². The summed E-state index contributed by atoms with van der Waals surface area (Å²) in [6.07, 6.45) is 0.859. The summed E-state index contributed by atoms with van der Waals surface area (Å²) in [5.74, 6) is 3.40. The molecule has 2 aromatic rings. The van der Waals surface area contributed by atoms with Crippen LogP contribution in [0.5, 0.6) is 23.0 Å². The highest BCUT2D eigenvalue weighted by atomic mass is 35.5. The number of fused-ring (bicyclic) bond motifs is 2. The van der Waals surface area contributed by atoms with Gasteiger partial charge in [0.15, 0.2) is 23.0 Å². The van der Waals surface area contributed by atoms with E-state index in [2.05, 4.69) is 31.3 Å². The van der Waals surface area contributed by atoms with E-state index >= 15 is 0 Å². The lowest BCUT2D eigenvalue weighted by Crippen LogP contribution is -2.26. The summed E-state index contributed by atoms with van der Waals surface area (Å²) in [6, 6.07) is 10.3. The van der Waals surface area contributed by atoms with E-state index in [-0.39, 0.29) is 6.04 Å². The number of ether oxygens (including phenoxy) is 4. The van der Waals surface area contributed by atoms with Crippen LogP contribution in [0.25, 0.3) is 0 Å². The van der Waals surface area contributed by atoms with Crippen molar-refractivity contribution >= 4 is 11.6 Å². The SMILES string of the molecule is CC(C)[C@@H](NCc1cc(Cl)c2c(c1)OCCCO2)c1ccc2c(c1)OCCO2. The van der Waals surface area contributed by atoms with Gasteiger partial charge in [-0.3, -0.25) is 0 Å². The smallest absolute Gasteiger partial charge is 0.179 e. The van der Waals surface area contributed by atoms with Gasteiger partial charge in [0.1, 0.15) is 13.2 Å². The minimum Gasteiger partial charge on any atom is -0.489 e. The van der Waals surface area contributed by atoms with Gasteiger partial charge < -0.3 is 24.3 Å². The van der Waals surface area contributed by atoms with Gasteiger partial charge in [-0.15, -0.1) is 0 Å². The van der Waals surface area contributed by atoms with Crippen LogP contribution in [0.15, 0.2) is 30.3 Å². The summed E-state index contributed by atoms with van der Waals surface area (Å²) in [4.78, 5) is 0. The molecule has 2 aliphatic heterocycles. The van der Waals surface area contributed by atoms with E-state index in [1.54, 1.807) is 0 Å². The number of rotatable bonds is 5. The van der Waals surface area contributed by atoms with Crippen molar-refractivity contribution < 1.29 is 18.9 Å². The van der Waals surface area contributed by atoms with Gasteiger partial charge in [0, 0.05) is 19.0 Å². The number of hydrogen-bond donors (Lipinski definition) is 1. The van der Waals surface area contributed by atoms with Crippen molar-refractivity contribution in [1.82, 2.24) is 5.32 Å². The molecule has 6 heteroatoms. The molecule has 1 N–H and O–H groups in total. The lowest BCUT2D eigenvalue weighted by atomic mass is 9.95. The molecule has 0 saturated heterocycles. The van der Waals surface area contributed by atoms with Crippen LogP contribution in [0, 0.1) is 5.92 Å². The van der Waals surface area contributed by atoms with Gasteiger partial charge in [-0.25, -0.2) is 0 Å². The highest BCUT2D eigenvalue weighted by Gasteiger charge is 2.21. The molecule has 2 heterocycles. The minimum atomic E-state index is 0.172. The summed E-state index contributed by atoms with van der Waals surface area (Å²) < 4.78 is 22.9. The van der Waals surface area contributed by atoms with Gasteiger partial charge in [-0.2, -0.15) is 0 Å². The lowest BCUT2D eigenvalue weighted by Gasteiger charge is -2.26. The Balaban J connectivity index is 1.52. The highest BCUT2D eigenvalue weighted by molar-refractivity contribution is 6.32. The Labute approximate surface area is 170 Å². The maximum absolute atomic E-state index is 6.43. The predicted octanol–water partition coefficient (Wildman–Crippen LogP) is 4.76. The van der Waals surface area contributed by atoms with E-state index in [0.29, 0.717) is 49.7 Å². The molecule has 0 fully saturated rings. The molecule has 4 rings (SSSR count). The molecule has 28 heavy (non-hydrogen) atoms. The van der Waals surface area contributed by atoms with Gasteiger partial charge >= 0.3 is 0 Å². The summed E-state index contributed by atoms with van der Waals surface area (Å²) in [5, 5.41) is 4.25. The average molecular weight is 404 g/mol. The summed E-state index contributed by atoms with van der Waals surface area (Å²) in [6.45, 7) is 7.55. The fourth-order valence-electron chi connectivity index (χ4n) is 3.61. The first-order valence-electron chi connectivity index (χ1n) is 9.83. The molecule has 0 amide bonds. The van der Waals surface area contributed by atoms with Gasteiger partial charge in [-0.1, -0.05) is 31.5 Å². The molecular weight excluding hydrogens is 378 g/mol. The largest absolute Gasteiger partial charge is 0.489 e. The van der Waals surface area contributed by atoms with Crippen LogP contribution in [0.3, 0.4) is 0 Å². The zero-order valence-electron chi connectivity index (χ0n) is 16.3. The van der Waals surface area contributed by atoms with Crippen molar-refractivity contribution in [1.29, 1.82) is 0 Å². The topological polar surface area (TPSA) is 49.0 Å². The third-order valence-corrected chi connectivity index (χ3v) is 5.26. The quantitative estimate of drug-likeness (QED) is 0.780. The second-order valence-corrected chi connectivity index (χ2v) is 7.87. The third kappa shape index (κ3) is 4.15. The first-order chi connectivity index (χ1) is 13.6. The molecule has 5 nitrogen and oxygen atoms in total. The van der Waals surface area contributed by atoms with Crippen LogP contribution >= 0.6 is 11.6 Å². The van der Waals surface area contributed by atoms with E-state index in [0.717, 1.165) is 29.2 Å². The fraction of sp³-hybridized carbons (Fsp3) is 0.455. The maximum atomic E-state index is 6.43. The molecule has 0 unspecified atom stereocenters. The first kappa shape index (κ1) is 19.2. The molecule has 0 saturated carbocycles. The van der Waals surface area contributed by atoms with E-state index in [1.807, 2.05) is 18.2 Å². The molecule has 0 aliphatic carbocycles. The third-order valence-electron chi connectivity index (χ3n) is 4.98. The van der Waals surface area contributed by atoms with E-state index < -0.39 is 0 Å². The normalized spacial score (nSPS) is 16.6. The molecule has 2 aromatic carbocycles. The highest BCUT2D eigenvalue weighted by Crippen LogP contribution is 2.38. The zero-order chi connectivity index (χ0) is 19.5. The Morgan fingerprint density at radius 2 is 1.64 bits per heavy atom. The molecule has 150 valence electrons. The Hall–Kier alpha value is -2.11. The Kier molecular flexibility index (Phi) is 5.83. The van der Waals surface area contributed by atoms with Crippen LogP contribution < -0.4 is 24.3 Å².